The van der Waals surface area contributed by atoms with Gasteiger partial charge in [0.25, 0.3) is 5.91 Å². The minimum atomic E-state index is -1.24. The van der Waals surface area contributed by atoms with Gasteiger partial charge in [0.2, 0.25) is 0 Å². The average molecular weight is 281 g/mol. The molecular weight excluding hydrogens is 262 g/mol. The topological polar surface area (TPSA) is 66.4 Å². The predicted molar refractivity (Wildman–Crippen MR) is 74.7 cm³/mol. The van der Waals surface area contributed by atoms with Crippen molar-refractivity contribution in [2.45, 2.75) is 45.6 Å². The van der Waals surface area contributed by atoms with Crippen molar-refractivity contribution in [1.29, 1.82) is 0 Å². The summed E-state index contributed by atoms with van der Waals surface area (Å²) in [5.74, 6) is -0.663. The summed E-state index contributed by atoms with van der Waals surface area (Å²) < 4.78 is 0. The van der Waals surface area contributed by atoms with Crippen molar-refractivity contribution in [2.75, 3.05) is 0 Å². The Morgan fingerprint density at radius 3 is 2.79 bits per heavy atom. The molecule has 0 bridgehead atoms. The second-order valence-corrected chi connectivity index (χ2v) is 6.93. The van der Waals surface area contributed by atoms with E-state index in [0.29, 0.717) is 10.8 Å². The zero-order chi connectivity index (χ0) is 14.2. The van der Waals surface area contributed by atoms with Gasteiger partial charge in [-0.1, -0.05) is 6.92 Å². The Hall–Kier alpha value is -1.36. The van der Waals surface area contributed by atoms with Crippen molar-refractivity contribution in [3.8, 4) is 0 Å². The lowest BCUT2D eigenvalue weighted by Crippen LogP contribution is -2.49. The summed E-state index contributed by atoms with van der Waals surface area (Å²) in [6, 6.07) is 1.92. The van der Waals surface area contributed by atoms with Gasteiger partial charge in [0.1, 0.15) is 5.54 Å². The van der Waals surface area contributed by atoms with Gasteiger partial charge < -0.3 is 10.4 Å². The molecule has 5 heteroatoms. The molecule has 1 atom stereocenters. The molecule has 1 aromatic rings. The monoisotopic (exact) mass is 281 g/mol. The van der Waals surface area contributed by atoms with Gasteiger partial charge in [0.15, 0.2) is 0 Å². The number of fused-ring (bicyclic) bond motifs is 1. The van der Waals surface area contributed by atoms with E-state index in [1.165, 1.54) is 35.6 Å². The lowest BCUT2D eigenvalue weighted by atomic mass is 9.90. The number of carboxylic acid groups (broad SMARTS) is 1. The van der Waals surface area contributed by atoms with Gasteiger partial charge in [-0.2, -0.15) is 0 Å². The van der Waals surface area contributed by atoms with Crippen LogP contribution in [0.15, 0.2) is 6.07 Å². The Balaban J connectivity index is 2.15. The molecule has 104 valence electrons. The molecule has 0 aromatic carbocycles. The summed E-state index contributed by atoms with van der Waals surface area (Å²) in [7, 11) is 0. The van der Waals surface area contributed by atoms with Gasteiger partial charge in [-0.05, 0) is 50.7 Å². The highest BCUT2D eigenvalue weighted by atomic mass is 32.1. The highest BCUT2D eigenvalue weighted by molar-refractivity contribution is 7.14. The fourth-order valence-corrected chi connectivity index (χ4v) is 3.32. The molecule has 0 radical (unpaired) electrons. The number of nitrogens with one attached hydrogen (secondary N) is 1. The van der Waals surface area contributed by atoms with Gasteiger partial charge >= 0.3 is 5.97 Å². The van der Waals surface area contributed by atoms with E-state index in [2.05, 4.69) is 12.2 Å². The molecule has 2 rings (SSSR count). The predicted octanol–water partition coefficient (Wildman–Crippen LogP) is 2.47. The van der Waals surface area contributed by atoms with Gasteiger partial charge in [-0.3, -0.25) is 4.79 Å². The van der Waals surface area contributed by atoms with Crippen LogP contribution in [0.5, 0.6) is 0 Å². The van der Waals surface area contributed by atoms with Crippen LogP contribution < -0.4 is 5.32 Å². The van der Waals surface area contributed by atoms with Crippen LogP contribution in [-0.4, -0.2) is 22.5 Å². The third kappa shape index (κ3) is 2.97. The molecule has 1 unspecified atom stereocenters. The first-order valence-corrected chi connectivity index (χ1v) is 7.28. The molecule has 19 heavy (non-hydrogen) atoms. The number of thiophene rings is 1. The molecule has 0 aliphatic heterocycles. The van der Waals surface area contributed by atoms with Crippen LogP contribution in [0.2, 0.25) is 0 Å². The third-order valence-corrected chi connectivity index (χ3v) is 4.75. The van der Waals surface area contributed by atoms with E-state index in [9.17, 15) is 9.59 Å². The van der Waals surface area contributed by atoms with E-state index in [4.69, 9.17) is 5.11 Å². The zero-order valence-electron chi connectivity index (χ0n) is 11.4. The van der Waals surface area contributed by atoms with Crippen LogP contribution in [0.25, 0.3) is 0 Å². The quantitative estimate of drug-likeness (QED) is 0.894. The first-order valence-electron chi connectivity index (χ1n) is 6.47. The van der Waals surface area contributed by atoms with Crippen LogP contribution >= 0.6 is 11.3 Å². The SMILES string of the molecule is CC1CCc2sc(C(=O)NC(C)(C)C(=O)O)cc2C1. The van der Waals surface area contributed by atoms with Gasteiger partial charge in [-0.15, -0.1) is 11.3 Å². The Kier molecular flexibility index (Phi) is 3.67. The number of rotatable bonds is 3. The van der Waals surface area contributed by atoms with Crippen molar-refractivity contribution in [1.82, 2.24) is 5.32 Å². The highest BCUT2D eigenvalue weighted by Crippen LogP contribution is 2.32. The fourth-order valence-electron chi connectivity index (χ4n) is 2.22. The average Bonchev–Trinajstić information content (AvgIpc) is 2.71. The molecular formula is C14H19NO3S. The van der Waals surface area contributed by atoms with Crippen LogP contribution in [0, 0.1) is 5.92 Å². The first kappa shape index (κ1) is 14.1. The molecule has 1 aromatic heterocycles. The lowest BCUT2D eigenvalue weighted by molar-refractivity contribution is -0.143. The molecule has 0 saturated heterocycles. The maximum Gasteiger partial charge on any atom is 0.328 e. The number of aliphatic carboxylic acids is 1. The van der Waals surface area contributed by atoms with E-state index >= 15 is 0 Å². The maximum absolute atomic E-state index is 12.1. The van der Waals surface area contributed by atoms with E-state index in [1.54, 1.807) is 0 Å². The number of hydrogen-bond acceptors (Lipinski definition) is 3. The molecule has 1 aliphatic rings. The molecule has 2 N–H and O–H groups in total. The number of carbonyl (C=O) groups is 2. The smallest absolute Gasteiger partial charge is 0.328 e. The Morgan fingerprint density at radius 2 is 2.16 bits per heavy atom. The minimum Gasteiger partial charge on any atom is -0.480 e. The van der Waals surface area contributed by atoms with Crippen molar-refractivity contribution in [3.05, 3.63) is 21.4 Å². The number of aryl methyl sites for hydroxylation is 1. The fraction of sp³-hybridized carbons (Fsp3) is 0.571. The van der Waals surface area contributed by atoms with Crippen LogP contribution in [0.3, 0.4) is 0 Å². The summed E-state index contributed by atoms with van der Waals surface area (Å²) >= 11 is 1.49. The van der Waals surface area contributed by atoms with Crippen LogP contribution in [0.4, 0.5) is 0 Å². The first-order chi connectivity index (χ1) is 8.79. The van der Waals surface area contributed by atoms with Crippen LogP contribution in [0.1, 0.15) is 47.3 Å². The van der Waals surface area contributed by atoms with E-state index in [-0.39, 0.29) is 5.91 Å². The second kappa shape index (κ2) is 4.96. The van der Waals surface area contributed by atoms with Gasteiger partial charge in [0.05, 0.1) is 4.88 Å². The number of carboxylic acids is 1. The van der Waals surface area contributed by atoms with E-state index in [0.717, 1.165) is 19.3 Å². The summed E-state index contributed by atoms with van der Waals surface area (Å²) in [4.78, 5) is 25.0. The summed E-state index contributed by atoms with van der Waals surface area (Å²) in [6.07, 6.45) is 3.20. The van der Waals surface area contributed by atoms with Gasteiger partial charge in [-0.25, -0.2) is 4.79 Å². The standard InChI is InChI=1S/C14H19NO3S/c1-8-4-5-10-9(6-8)7-11(19-10)12(16)15-14(2,3)13(17)18/h7-8H,4-6H2,1-3H3,(H,15,16)(H,17,18). The van der Waals surface area contributed by atoms with Crippen molar-refractivity contribution >= 4 is 23.2 Å². The van der Waals surface area contributed by atoms with Crippen molar-refractivity contribution < 1.29 is 14.7 Å². The van der Waals surface area contributed by atoms with Crippen LogP contribution in [-0.2, 0) is 17.6 Å². The molecule has 4 nitrogen and oxygen atoms in total. The van der Waals surface area contributed by atoms with Crippen molar-refractivity contribution in [3.63, 3.8) is 0 Å². The minimum absolute atomic E-state index is 0.292. The molecule has 1 heterocycles. The maximum atomic E-state index is 12.1. The summed E-state index contributed by atoms with van der Waals surface area (Å²) in [5, 5.41) is 11.6. The largest absolute Gasteiger partial charge is 0.480 e. The van der Waals surface area contributed by atoms with Gasteiger partial charge in [0, 0.05) is 4.88 Å². The molecule has 1 amide bonds. The highest BCUT2D eigenvalue weighted by Gasteiger charge is 2.30. The Morgan fingerprint density at radius 1 is 1.47 bits per heavy atom. The molecule has 0 spiro atoms. The second-order valence-electron chi connectivity index (χ2n) is 5.79. The molecule has 0 saturated carbocycles. The number of carbonyl (C=O) groups excluding carboxylic acids is 1. The molecule has 0 fully saturated rings. The van der Waals surface area contributed by atoms with Crippen molar-refractivity contribution in [2.24, 2.45) is 5.92 Å². The van der Waals surface area contributed by atoms with E-state index in [1.807, 2.05) is 6.07 Å². The normalized spacial score (nSPS) is 18.8. The Labute approximate surface area is 116 Å². The summed E-state index contributed by atoms with van der Waals surface area (Å²) in [6.45, 7) is 5.19. The number of hydrogen-bond donors (Lipinski definition) is 2. The molecule has 1 aliphatic carbocycles. The zero-order valence-corrected chi connectivity index (χ0v) is 12.3. The Bertz CT molecular complexity index is 519. The lowest BCUT2D eigenvalue weighted by Gasteiger charge is -2.20. The summed E-state index contributed by atoms with van der Waals surface area (Å²) in [5.41, 5.74) is 0.0107. The number of amides is 1. The van der Waals surface area contributed by atoms with E-state index < -0.39 is 11.5 Å². The third-order valence-electron chi connectivity index (χ3n) is 3.51.